The highest BCUT2D eigenvalue weighted by atomic mass is 32.2. The van der Waals surface area contributed by atoms with Crippen molar-refractivity contribution in [1.29, 1.82) is 0 Å². The van der Waals surface area contributed by atoms with Crippen LogP contribution in [0.1, 0.15) is 79.0 Å². The molecule has 6 nitrogen and oxygen atoms in total. The standard InChI is InChI=1S/C23H35BFNO5S/c1-10-29-19(27)13-18(26-14-32(28)21(3,4)5)17-12-16(11-15(2)20(17)25)24-30-22(6,7)23(8,9)31-24/h11-12,14,18H,10,13H2,1-9H3/t18-,32?/m0/s1. The molecule has 0 spiro atoms. The second kappa shape index (κ2) is 9.73. The minimum absolute atomic E-state index is 0.172. The number of aryl methyl sites for hydroxylation is 1. The lowest BCUT2D eigenvalue weighted by Crippen LogP contribution is -2.41. The molecule has 32 heavy (non-hydrogen) atoms. The quantitative estimate of drug-likeness (QED) is 0.262. The lowest BCUT2D eigenvalue weighted by molar-refractivity contribution is -0.143. The summed E-state index contributed by atoms with van der Waals surface area (Å²) in [5.41, 5.74) is 1.43. The van der Waals surface area contributed by atoms with Gasteiger partial charge in [0.2, 0.25) is 0 Å². The molecule has 9 heteroatoms. The van der Waals surface area contributed by atoms with Crippen LogP contribution in [0.2, 0.25) is 0 Å². The molecule has 0 bridgehead atoms. The van der Waals surface area contributed by atoms with Crippen molar-refractivity contribution in [3.05, 3.63) is 29.1 Å². The predicted molar refractivity (Wildman–Crippen MR) is 127 cm³/mol. The van der Waals surface area contributed by atoms with Gasteiger partial charge in [-0.2, -0.15) is 0 Å². The van der Waals surface area contributed by atoms with Gasteiger partial charge in [0.1, 0.15) is 5.82 Å². The number of esters is 1. The van der Waals surface area contributed by atoms with Gasteiger partial charge in [0, 0.05) is 10.3 Å². The molecule has 0 saturated carbocycles. The van der Waals surface area contributed by atoms with Crippen molar-refractivity contribution >= 4 is 34.9 Å². The Kier molecular flexibility index (Phi) is 8.11. The highest BCUT2D eigenvalue weighted by Gasteiger charge is 2.52. The number of carbonyl (C=O) groups excluding carboxylic acids is 1. The Morgan fingerprint density at radius 1 is 1.25 bits per heavy atom. The van der Waals surface area contributed by atoms with Gasteiger partial charge in [-0.1, -0.05) is 12.1 Å². The second-order valence-electron chi connectivity index (χ2n) is 10.0. The van der Waals surface area contributed by atoms with Crippen LogP contribution < -0.4 is 5.46 Å². The van der Waals surface area contributed by atoms with E-state index in [9.17, 15) is 9.00 Å². The zero-order chi connectivity index (χ0) is 24.5. The molecule has 1 aliphatic rings. The first-order valence-corrected chi connectivity index (χ1v) is 12.1. The number of hydrogen-bond acceptors (Lipinski definition) is 6. The first kappa shape index (κ1) is 26.7. The van der Waals surface area contributed by atoms with Crippen molar-refractivity contribution in [2.45, 2.75) is 90.7 Å². The Bertz CT molecular complexity index is 894. The first-order valence-electron chi connectivity index (χ1n) is 10.8. The van der Waals surface area contributed by atoms with Gasteiger partial charge in [-0.15, -0.1) is 0 Å². The van der Waals surface area contributed by atoms with Crippen LogP contribution in [0.25, 0.3) is 0 Å². The third-order valence-electron chi connectivity index (χ3n) is 5.79. The highest BCUT2D eigenvalue weighted by molar-refractivity contribution is 7.99. The number of ether oxygens (including phenoxy) is 1. The third kappa shape index (κ3) is 6.05. The molecule has 1 unspecified atom stereocenters. The number of hydrogen-bond donors (Lipinski definition) is 0. The summed E-state index contributed by atoms with van der Waals surface area (Å²) in [5.74, 6) is -0.979. The summed E-state index contributed by atoms with van der Waals surface area (Å²) in [5, 5.41) is 0. The smallest absolute Gasteiger partial charge is 0.466 e. The van der Waals surface area contributed by atoms with E-state index in [1.807, 2.05) is 48.5 Å². The molecule has 1 fully saturated rings. The third-order valence-corrected chi connectivity index (χ3v) is 7.32. The Balaban J connectivity index is 2.49. The minimum atomic E-state index is -1.41. The molecule has 2 atom stereocenters. The maximum absolute atomic E-state index is 15.2. The van der Waals surface area contributed by atoms with Gasteiger partial charge in [0.25, 0.3) is 0 Å². The minimum Gasteiger partial charge on any atom is -0.466 e. The number of halogens is 1. The van der Waals surface area contributed by atoms with Crippen LogP contribution in [0.5, 0.6) is 0 Å². The van der Waals surface area contributed by atoms with E-state index in [0.717, 1.165) is 0 Å². The van der Waals surface area contributed by atoms with Gasteiger partial charge >= 0.3 is 13.1 Å². The van der Waals surface area contributed by atoms with Crippen LogP contribution >= 0.6 is 0 Å². The Hall–Kier alpha value is -1.58. The zero-order valence-electron chi connectivity index (χ0n) is 20.6. The van der Waals surface area contributed by atoms with Crippen molar-refractivity contribution in [3.63, 3.8) is 0 Å². The van der Waals surface area contributed by atoms with E-state index in [2.05, 4.69) is 4.99 Å². The van der Waals surface area contributed by atoms with E-state index in [0.29, 0.717) is 11.0 Å². The topological polar surface area (TPSA) is 74.2 Å². The van der Waals surface area contributed by atoms with Crippen LogP contribution in [0.4, 0.5) is 4.39 Å². The van der Waals surface area contributed by atoms with Crippen molar-refractivity contribution in [2.24, 2.45) is 4.99 Å². The summed E-state index contributed by atoms with van der Waals surface area (Å²) in [7, 11) is -2.09. The second-order valence-corrected chi connectivity index (χ2v) is 12.0. The maximum Gasteiger partial charge on any atom is 0.494 e. The predicted octanol–water partition coefficient (Wildman–Crippen LogP) is 4.00. The SMILES string of the molecule is CCOC(=O)C[C@H](N=CS(=O)C(C)(C)C)c1cc(B2OC(C)(C)C(C)(C)O2)cc(C)c1F. The summed E-state index contributed by atoms with van der Waals surface area (Å²) in [4.78, 5) is 16.6. The molecular formula is C23H35BFNO5S. The molecule has 0 amide bonds. The zero-order valence-corrected chi connectivity index (χ0v) is 21.4. The fourth-order valence-corrected chi connectivity index (χ4v) is 3.66. The molecule has 1 saturated heterocycles. The molecule has 0 radical (unpaired) electrons. The number of rotatable bonds is 7. The van der Waals surface area contributed by atoms with Crippen LogP contribution in [0.15, 0.2) is 17.1 Å². The Morgan fingerprint density at radius 3 is 2.31 bits per heavy atom. The summed E-state index contributed by atoms with van der Waals surface area (Å²) < 4.78 is 44.5. The average molecular weight is 467 g/mol. The van der Waals surface area contributed by atoms with Gasteiger partial charge in [0.15, 0.2) is 0 Å². The van der Waals surface area contributed by atoms with Crippen molar-refractivity contribution in [3.8, 4) is 0 Å². The number of nitrogens with zero attached hydrogens (tertiary/aromatic N) is 1. The van der Waals surface area contributed by atoms with E-state index in [1.165, 1.54) is 5.55 Å². The van der Waals surface area contributed by atoms with Gasteiger partial charge in [-0.25, -0.2) is 4.39 Å². The average Bonchev–Trinajstić information content (AvgIpc) is 2.87. The van der Waals surface area contributed by atoms with E-state index < -0.39 is 51.7 Å². The van der Waals surface area contributed by atoms with Crippen LogP contribution in [-0.2, 0) is 29.6 Å². The van der Waals surface area contributed by atoms with Gasteiger partial charge in [-0.05, 0) is 73.3 Å². The largest absolute Gasteiger partial charge is 0.494 e. The van der Waals surface area contributed by atoms with Crippen LogP contribution in [0, 0.1) is 12.7 Å². The number of carbonyl (C=O) groups is 1. The molecule has 0 aromatic heterocycles. The molecular weight excluding hydrogens is 432 g/mol. The highest BCUT2D eigenvalue weighted by Crippen LogP contribution is 2.37. The molecule has 0 N–H and O–H groups in total. The fraction of sp³-hybridized carbons (Fsp3) is 0.652. The lowest BCUT2D eigenvalue weighted by atomic mass is 9.76. The van der Waals surface area contributed by atoms with Crippen LogP contribution in [0.3, 0.4) is 0 Å². The Labute approximate surface area is 193 Å². The molecule has 2 rings (SSSR count). The van der Waals surface area contributed by atoms with Crippen molar-refractivity contribution < 1.29 is 27.4 Å². The molecule has 1 aliphatic heterocycles. The summed E-state index contributed by atoms with van der Waals surface area (Å²) in [6.07, 6.45) is -0.172. The maximum atomic E-state index is 15.2. The van der Waals surface area contributed by atoms with E-state index in [1.54, 1.807) is 26.0 Å². The number of benzene rings is 1. The van der Waals surface area contributed by atoms with Crippen LogP contribution in [-0.4, -0.2) is 45.4 Å². The summed E-state index contributed by atoms with van der Waals surface area (Å²) >= 11 is 0. The summed E-state index contributed by atoms with van der Waals surface area (Å²) in [6, 6.07) is 2.41. The Morgan fingerprint density at radius 2 is 1.81 bits per heavy atom. The molecule has 1 heterocycles. The van der Waals surface area contributed by atoms with E-state index in [-0.39, 0.29) is 18.6 Å². The number of aliphatic imine (C=N–C) groups is 1. The molecule has 178 valence electrons. The van der Waals surface area contributed by atoms with E-state index >= 15 is 4.39 Å². The van der Waals surface area contributed by atoms with Gasteiger partial charge in [0.05, 0.1) is 46.6 Å². The summed E-state index contributed by atoms with van der Waals surface area (Å²) in [6.45, 7) is 16.8. The lowest BCUT2D eigenvalue weighted by Gasteiger charge is -2.32. The molecule has 1 aromatic rings. The van der Waals surface area contributed by atoms with Crippen molar-refractivity contribution in [2.75, 3.05) is 6.61 Å². The van der Waals surface area contributed by atoms with Gasteiger partial charge in [-0.3, -0.25) is 14.0 Å². The molecule has 1 aromatic carbocycles. The monoisotopic (exact) mass is 467 g/mol. The van der Waals surface area contributed by atoms with Crippen molar-refractivity contribution in [1.82, 2.24) is 0 Å². The van der Waals surface area contributed by atoms with Gasteiger partial charge < -0.3 is 14.0 Å². The molecule has 0 aliphatic carbocycles. The fourth-order valence-electron chi connectivity index (χ4n) is 3.09. The normalized spacial score (nSPS) is 19.9. The first-order chi connectivity index (χ1) is 14.6. The van der Waals surface area contributed by atoms with E-state index in [4.69, 9.17) is 14.0 Å².